The van der Waals surface area contributed by atoms with Crippen molar-refractivity contribution in [2.24, 2.45) is 10.8 Å². The molecule has 0 unspecified atom stereocenters. The molecule has 1 aliphatic carbocycles. The van der Waals surface area contributed by atoms with E-state index >= 15 is 0 Å². The van der Waals surface area contributed by atoms with Gasteiger partial charge in [0.05, 0.1) is 11.3 Å². The number of carbonyl (C=O) groups excluding carboxylic acids is 2. The lowest BCUT2D eigenvalue weighted by atomic mass is 9.58. The molecule has 3 aromatic rings. The first-order valence-electron chi connectivity index (χ1n) is 12.6. The normalized spacial score (nSPS) is 20.1. The quantitative estimate of drug-likeness (QED) is 0.367. The number of carboxylic acid groups (broad SMARTS) is 1. The molecule has 2 aliphatic rings. The molecule has 0 fully saturated rings. The Labute approximate surface area is 226 Å². The van der Waals surface area contributed by atoms with E-state index in [2.05, 4.69) is 38.2 Å². The zero-order chi connectivity index (χ0) is 27.1. The lowest BCUT2D eigenvalue weighted by Gasteiger charge is -2.50. The first kappa shape index (κ1) is 25.7. The second-order valence-corrected chi connectivity index (χ2v) is 11.6. The van der Waals surface area contributed by atoms with Gasteiger partial charge in [-0.25, -0.2) is 4.79 Å². The number of anilines is 1. The lowest BCUT2D eigenvalue weighted by Crippen LogP contribution is -2.48. The maximum atomic E-state index is 13.6. The van der Waals surface area contributed by atoms with Crippen LogP contribution < -0.4 is 5.32 Å². The molecule has 1 aromatic heterocycles. The third-order valence-corrected chi connectivity index (χ3v) is 8.59. The molecule has 0 bridgehead atoms. The highest BCUT2D eigenvalue weighted by molar-refractivity contribution is 7.12. The van der Waals surface area contributed by atoms with Gasteiger partial charge in [0.15, 0.2) is 0 Å². The predicted molar refractivity (Wildman–Crippen MR) is 151 cm³/mol. The number of carbonyl (C=O) groups is 3. The van der Waals surface area contributed by atoms with Crippen molar-refractivity contribution in [3.63, 3.8) is 0 Å². The van der Waals surface area contributed by atoms with Crippen molar-refractivity contribution in [3.05, 3.63) is 105 Å². The summed E-state index contributed by atoms with van der Waals surface area (Å²) in [7, 11) is 0. The van der Waals surface area contributed by atoms with E-state index in [1.165, 1.54) is 22.5 Å². The second-order valence-electron chi connectivity index (χ2n) is 10.7. The summed E-state index contributed by atoms with van der Waals surface area (Å²) >= 11 is 1.34. The molecule has 5 rings (SSSR count). The Kier molecular flexibility index (Phi) is 6.57. The molecule has 0 spiro atoms. The Morgan fingerprint density at radius 2 is 1.63 bits per heavy atom. The molecule has 2 heterocycles. The van der Waals surface area contributed by atoms with Crippen LogP contribution in [0.25, 0.3) is 5.57 Å². The molecule has 2 N–H and O–H groups in total. The number of nitrogens with one attached hydrogen (secondary N) is 1. The molecule has 0 radical (unpaired) electrons. The first-order valence-corrected chi connectivity index (χ1v) is 13.5. The first-order chi connectivity index (χ1) is 18.1. The summed E-state index contributed by atoms with van der Waals surface area (Å²) in [6.07, 6.45) is 5.18. The van der Waals surface area contributed by atoms with Gasteiger partial charge < -0.3 is 15.3 Å². The van der Waals surface area contributed by atoms with Gasteiger partial charge in [-0.3, -0.25) is 9.59 Å². The minimum Gasteiger partial charge on any atom is -0.478 e. The smallest absolute Gasteiger partial charge is 0.335 e. The van der Waals surface area contributed by atoms with E-state index in [1.54, 1.807) is 30.3 Å². The van der Waals surface area contributed by atoms with Gasteiger partial charge in [0.25, 0.3) is 11.8 Å². The van der Waals surface area contributed by atoms with E-state index in [1.807, 2.05) is 40.6 Å². The number of thiophene rings is 1. The number of rotatable bonds is 5. The third kappa shape index (κ3) is 4.58. The van der Waals surface area contributed by atoms with Crippen molar-refractivity contribution in [2.75, 3.05) is 18.4 Å². The molecule has 38 heavy (non-hydrogen) atoms. The summed E-state index contributed by atoms with van der Waals surface area (Å²) in [5.41, 5.74) is 4.31. The van der Waals surface area contributed by atoms with E-state index in [9.17, 15) is 19.5 Å². The van der Waals surface area contributed by atoms with Gasteiger partial charge in [-0.2, -0.15) is 0 Å². The van der Waals surface area contributed by atoms with Crippen LogP contribution in [0.4, 0.5) is 5.69 Å². The fourth-order valence-electron chi connectivity index (χ4n) is 5.86. The van der Waals surface area contributed by atoms with Crippen LogP contribution in [-0.4, -0.2) is 40.9 Å². The number of aromatic carboxylic acids is 1. The van der Waals surface area contributed by atoms with E-state index < -0.39 is 5.97 Å². The minimum atomic E-state index is -0.936. The SMILES string of the molecule is CC1(C)C(c2ccc(C(=O)O)cc2)=CC[C@]2(C)CN(C(=O)c3sccc3NC(=O)c3ccccc3)CC=C12. The number of amides is 2. The molecule has 0 saturated carbocycles. The fourth-order valence-corrected chi connectivity index (χ4v) is 6.67. The number of fused-ring (bicyclic) bond motifs is 1. The van der Waals surface area contributed by atoms with E-state index in [0.717, 1.165) is 12.0 Å². The summed E-state index contributed by atoms with van der Waals surface area (Å²) in [6, 6.07) is 17.8. The van der Waals surface area contributed by atoms with Crippen molar-refractivity contribution in [3.8, 4) is 0 Å². The minimum absolute atomic E-state index is 0.0864. The van der Waals surface area contributed by atoms with Gasteiger partial charge in [-0.05, 0) is 53.3 Å². The molecule has 2 amide bonds. The predicted octanol–water partition coefficient (Wildman–Crippen LogP) is 6.60. The molecule has 1 atom stereocenters. The van der Waals surface area contributed by atoms with Crippen molar-refractivity contribution >= 4 is 40.4 Å². The zero-order valence-electron chi connectivity index (χ0n) is 21.7. The van der Waals surface area contributed by atoms with E-state index in [4.69, 9.17) is 0 Å². The van der Waals surface area contributed by atoms with Gasteiger partial charge in [-0.15, -0.1) is 11.3 Å². The van der Waals surface area contributed by atoms with Crippen LogP contribution in [-0.2, 0) is 0 Å². The monoisotopic (exact) mass is 526 g/mol. The third-order valence-electron chi connectivity index (χ3n) is 7.68. The second kappa shape index (κ2) is 9.72. The Balaban J connectivity index is 1.36. The maximum absolute atomic E-state index is 13.6. The number of hydrogen-bond donors (Lipinski definition) is 2. The summed E-state index contributed by atoms with van der Waals surface area (Å²) in [4.78, 5) is 40.0. The summed E-state index contributed by atoms with van der Waals surface area (Å²) in [5, 5.41) is 14.0. The van der Waals surface area contributed by atoms with Crippen LogP contribution in [0.1, 0.15) is 63.1 Å². The highest BCUT2D eigenvalue weighted by Crippen LogP contribution is 2.55. The maximum Gasteiger partial charge on any atom is 0.335 e. The standard InChI is InChI=1S/C31H30N2O4S/c1-30(2)23(20-9-11-22(12-10-20)29(36)37)13-16-31(3)19-33(17-14-25(30)31)28(35)26-24(15-18-38-26)32-27(34)21-7-5-4-6-8-21/h4-15,18H,16-17,19H2,1-3H3,(H,32,34)(H,36,37)/t31-/m1/s1. The number of benzene rings is 2. The lowest BCUT2D eigenvalue weighted by molar-refractivity contribution is 0.0683. The molecule has 1 aliphatic heterocycles. The highest BCUT2D eigenvalue weighted by Gasteiger charge is 2.46. The van der Waals surface area contributed by atoms with Crippen LogP contribution in [0.2, 0.25) is 0 Å². The van der Waals surface area contributed by atoms with Crippen LogP contribution in [0.3, 0.4) is 0 Å². The molecular formula is C31H30N2O4S. The average molecular weight is 527 g/mol. The number of nitrogens with zero attached hydrogens (tertiary/aromatic N) is 1. The summed E-state index contributed by atoms with van der Waals surface area (Å²) in [6.45, 7) is 7.66. The summed E-state index contributed by atoms with van der Waals surface area (Å²) in [5.74, 6) is -1.26. The van der Waals surface area contributed by atoms with Crippen LogP contribution in [0, 0.1) is 10.8 Å². The van der Waals surface area contributed by atoms with Crippen molar-refractivity contribution < 1.29 is 19.5 Å². The van der Waals surface area contributed by atoms with Gasteiger partial charge in [0, 0.05) is 29.5 Å². The molecule has 194 valence electrons. The molecule has 2 aromatic carbocycles. The topological polar surface area (TPSA) is 86.7 Å². The van der Waals surface area contributed by atoms with E-state index in [-0.39, 0.29) is 28.2 Å². The fraction of sp³-hybridized carbons (Fsp3) is 0.258. The van der Waals surface area contributed by atoms with Crippen LogP contribution in [0.5, 0.6) is 0 Å². The number of carboxylic acids is 1. The summed E-state index contributed by atoms with van der Waals surface area (Å²) < 4.78 is 0. The number of hydrogen-bond acceptors (Lipinski definition) is 4. The van der Waals surface area contributed by atoms with E-state index in [0.29, 0.717) is 29.2 Å². The molecule has 7 heteroatoms. The Morgan fingerprint density at radius 3 is 2.32 bits per heavy atom. The Hall–Kier alpha value is -3.97. The molecule has 0 saturated heterocycles. The Bertz CT molecular complexity index is 1470. The van der Waals surface area contributed by atoms with Crippen LogP contribution in [0.15, 0.2) is 83.8 Å². The van der Waals surface area contributed by atoms with Gasteiger partial charge in [0.2, 0.25) is 0 Å². The van der Waals surface area contributed by atoms with Crippen molar-refractivity contribution in [1.29, 1.82) is 0 Å². The van der Waals surface area contributed by atoms with Crippen molar-refractivity contribution in [2.45, 2.75) is 27.2 Å². The van der Waals surface area contributed by atoms with Crippen LogP contribution >= 0.6 is 11.3 Å². The zero-order valence-corrected chi connectivity index (χ0v) is 22.5. The van der Waals surface area contributed by atoms with Gasteiger partial charge in [-0.1, -0.05) is 68.8 Å². The van der Waals surface area contributed by atoms with Gasteiger partial charge in [0.1, 0.15) is 4.88 Å². The van der Waals surface area contributed by atoms with Gasteiger partial charge >= 0.3 is 5.97 Å². The Morgan fingerprint density at radius 1 is 0.921 bits per heavy atom. The molecular weight excluding hydrogens is 496 g/mol. The largest absolute Gasteiger partial charge is 0.478 e. The van der Waals surface area contributed by atoms with Crippen molar-refractivity contribution in [1.82, 2.24) is 4.90 Å². The molecule has 6 nitrogen and oxygen atoms in total. The number of allylic oxidation sites excluding steroid dienone is 2. The average Bonchev–Trinajstić information content (AvgIpc) is 3.36. The highest BCUT2D eigenvalue weighted by atomic mass is 32.1.